The van der Waals surface area contributed by atoms with Crippen molar-refractivity contribution in [3.05, 3.63) is 35.5 Å². The number of benzene rings is 1. The highest BCUT2D eigenvalue weighted by Crippen LogP contribution is 2.29. The van der Waals surface area contributed by atoms with Crippen molar-refractivity contribution in [3.63, 3.8) is 0 Å². The average molecular weight is 258 g/mol. The lowest BCUT2D eigenvalue weighted by molar-refractivity contribution is 0.433. The normalized spacial score (nSPS) is 10.7. The predicted octanol–water partition coefficient (Wildman–Crippen LogP) is 2.75. The Morgan fingerprint density at radius 2 is 2.11 bits per heavy atom. The Balaban J connectivity index is 2.05. The third-order valence-corrected chi connectivity index (χ3v) is 3.48. The molecule has 0 bridgehead atoms. The minimum atomic E-state index is 0.480. The summed E-state index contributed by atoms with van der Waals surface area (Å²) in [4.78, 5) is 9.41. The van der Waals surface area contributed by atoms with E-state index >= 15 is 0 Å². The van der Waals surface area contributed by atoms with E-state index in [0.717, 1.165) is 16.1 Å². The molecular weight excluding hydrogens is 248 g/mol. The first-order chi connectivity index (χ1) is 8.75. The van der Waals surface area contributed by atoms with Gasteiger partial charge in [-0.1, -0.05) is 17.3 Å². The van der Waals surface area contributed by atoms with Crippen LogP contribution in [0.25, 0.3) is 22.2 Å². The van der Waals surface area contributed by atoms with Gasteiger partial charge in [-0.15, -0.1) is 11.3 Å². The van der Waals surface area contributed by atoms with Crippen molar-refractivity contribution in [1.82, 2.24) is 15.1 Å². The van der Waals surface area contributed by atoms with E-state index in [2.05, 4.69) is 15.1 Å². The fourth-order valence-electron chi connectivity index (χ4n) is 1.63. The molecule has 2 aromatic heterocycles. The zero-order chi connectivity index (χ0) is 12.5. The molecule has 0 spiro atoms. The molecule has 0 saturated carbocycles. The highest BCUT2D eigenvalue weighted by molar-refractivity contribution is 7.13. The Labute approximate surface area is 107 Å². The van der Waals surface area contributed by atoms with Gasteiger partial charge in [0.05, 0.1) is 11.2 Å². The lowest BCUT2D eigenvalue weighted by atomic mass is 10.2. The predicted molar refractivity (Wildman–Crippen MR) is 70.0 cm³/mol. The molecule has 18 heavy (non-hydrogen) atoms. The summed E-state index contributed by atoms with van der Waals surface area (Å²) in [5.74, 6) is 0.976. The van der Waals surface area contributed by atoms with Crippen LogP contribution in [-0.2, 0) is 0 Å². The first-order valence-electron chi connectivity index (χ1n) is 5.35. The van der Waals surface area contributed by atoms with Gasteiger partial charge in [0, 0.05) is 11.3 Å². The third kappa shape index (κ3) is 1.76. The van der Waals surface area contributed by atoms with Crippen molar-refractivity contribution >= 4 is 17.0 Å². The summed E-state index contributed by atoms with van der Waals surface area (Å²) in [7, 11) is 0. The van der Waals surface area contributed by atoms with E-state index in [-0.39, 0.29) is 0 Å². The van der Waals surface area contributed by atoms with Crippen molar-refractivity contribution in [1.29, 1.82) is 0 Å². The molecule has 0 amide bonds. The summed E-state index contributed by atoms with van der Waals surface area (Å²) in [6.07, 6.45) is 0. The van der Waals surface area contributed by atoms with E-state index in [1.807, 2.05) is 31.2 Å². The molecular formula is C12H10N4OS. The average Bonchev–Trinajstić information content (AvgIpc) is 2.98. The van der Waals surface area contributed by atoms with Crippen LogP contribution in [0.4, 0.5) is 5.69 Å². The topological polar surface area (TPSA) is 77.8 Å². The number of thiazole rings is 1. The molecule has 0 fully saturated rings. The molecule has 0 radical (unpaired) electrons. The molecule has 0 saturated heterocycles. The second kappa shape index (κ2) is 4.23. The molecule has 0 atom stereocenters. The molecule has 2 heterocycles. The third-order valence-electron chi connectivity index (χ3n) is 2.57. The molecule has 0 aliphatic heterocycles. The van der Waals surface area contributed by atoms with Crippen LogP contribution < -0.4 is 5.73 Å². The number of para-hydroxylation sites is 1. The van der Waals surface area contributed by atoms with Gasteiger partial charge < -0.3 is 10.3 Å². The van der Waals surface area contributed by atoms with Crippen LogP contribution >= 0.6 is 11.3 Å². The zero-order valence-corrected chi connectivity index (χ0v) is 10.4. The zero-order valence-electron chi connectivity index (χ0n) is 9.62. The highest BCUT2D eigenvalue weighted by atomic mass is 32.1. The number of hydrogen-bond donors (Lipinski definition) is 1. The molecule has 0 aliphatic carbocycles. The van der Waals surface area contributed by atoms with Gasteiger partial charge in [0.2, 0.25) is 5.82 Å². The summed E-state index contributed by atoms with van der Waals surface area (Å²) in [6.45, 7) is 1.91. The largest absolute Gasteiger partial charge is 0.398 e. The number of aromatic nitrogens is 3. The van der Waals surface area contributed by atoms with Crippen LogP contribution in [0, 0.1) is 6.92 Å². The Bertz CT molecular complexity index is 689. The van der Waals surface area contributed by atoms with Crippen LogP contribution in [0.5, 0.6) is 0 Å². The molecule has 3 aromatic rings. The summed E-state index contributed by atoms with van der Waals surface area (Å²) in [5.41, 5.74) is 9.92. The number of nitrogens with two attached hydrogens (primary N) is 1. The van der Waals surface area contributed by atoms with E-state index in [0.29, 0.717) is 17.4 Å². The fourth-order valence-corrected chi connectivity index (χ4v) is 2.36. The van der Waals surface area contributed by atoms with Crippen molar-refractivity contribution < 1.29 is 4.52 Å². The van der Waals surface area contributed by atoms with Crippen molar-refractivity contribution in [2.75, 3.05) is 5.73 Å². The van der Waals surface area contributed by atoms with E-state index in [4.69, 9.17) is 10.3 Å². The summed E-state index contributed by atoms with van der Waals surface area (Å²) in [6, 6.07) is 7.43. The van der Waals surface area contributed by atoms with Crippen LogP contribution in [0.1, 0.15) is 5.69 Å². The number of nitrogen functional groups attached to an aromatic ring is 1. The molecule has 3 rings (SSSR count). The number of aryl methyl sites for hydroxylation is 1. The maximum atomic E-state index is 5.88. The van der Waals surface area contributed by atoms with Gasteiger partial charge in [-0.2, -0.15) is 4.98 Å². The van der Waals surface area contributed by atoms with Gasteiger partial charge in [-0.05, 0) is 19.1 Å². The van der Waals surface area contributed by atoms with Gasteiger partial charge >= 0.3 is 0 Å². The van der Waals surface area contributed by atoms with Crippen molar-refractivity contribution in [2.45, 2.75) is 6.92 Å². The second-order valence-electron chi connectivity index (χ2n) is 3.78. The number of hydrogen-bond acceptors (Lipinski definition) is 6. The van der Waals surface area contributed by atoms with Crippen LogP contribution in [0.15, 0.2) is 34.3 Å². The summed E-state index contributed by atoms with van der Waals surface area (Å²) < 4.78 is 5.25. The Morgan fingerprint density at radius 1 is 1.28 bits per heavy atom. The van der Waals surface area contributed by atoms with E-state index in [9.17, 15) is 0 Å². The molecule has 0 aliphatic rings. The number of anilines is 1. The second-order valence-corrected chi connectivity index (χ2v) is 4.63. The maximum absolute atomic E-state index is 5.88. The minimum Gasteiger partial charge on any atom is -0.398 e. The summed E-state index contributed by atoms with van der Waals surface area (Å²) >= 11 is 1.48. The van der Waals surface area contributed by atoms with Gasteiger partial charge in [-0.3, -0.25) is 0 Å². The van der Waals surface area contributed by atoms with E-state index in [1.165, 1.54) is 11.3 Å². The minimum absolute atomic E-state index is 0.480. The first-order valence-corrected chi connectivity index (χ1v) is 6.22. The lowest BCUT2D eigenvalue weighted by Gasteiger charge is -1.97. The van der Waals surface area contributed by atoms with Crippen LogP contribution in [-0.4, -0.2) is 15.1 Å². The number of nitrogens with zero attached hydrogens (tertiary/aromatic N) is 3. The van der Waals surface area contributed by atoms with E-state index in [1.54, 1.807) is 5.51 Å². The molecule has 90 valence electrons. The Kier molecular flexibility index (Phi) is 2.56. The van der Waals surface area contributed by atoms with Crippen molar-refractivity contribution in [2.24, 2.45) is 0 Å². The molecule has 0 unspecified atom stereocenters. The number of rotatable bonds is 2. The quantitative estimate of drug-likeness (QED) is 0.715. The standard InChI is InChI=1S/C12H10N4OS/c1-7-10(18-6-14-7)12-15-11(16-17-12)8-4-2-3-5-9(8)13/h2-6H,13H2,1H3. The molecule has 1 aromatic carbocycles. The highest BCUT2D eigenvalue weighted by Gasteiger charge is 2.15. The SMILES string of the molecule is Cc1ncsc1-c1nc(-c2ccccc2N)no1. The van der Waals surface area contributed by atoms with Crippen LogP contribution in [0.3, 0.4) is 0 Å². The first kappa shape index (κ1) is 10.9. The van der Waals surface area contributed by atoms with Gasteiger partial charge in [0.1, 0.15) is 4.88 Å². The van der Waals surface area contributed by atoms with Gasteiger partial charge in [0.15, 0.2) is 0 Å². The van der Waals surface area contributed by atoms with Gasteiger partial charge in [0.25, 0.3) is 5.89 Å². The van der Waals surface area contributed by atoms with E-state index < -0.39 is 0 Å². The fraction of sp³-hybridized carbons (Fsp3) is 0.0833. The van der Waals surface area contributed by atoms with Crippen molar-refractivity contribution in [3.8, 4) is 22.2 Å². The molecule has 5 nitrogen and oxygen atoms in total. The van der Waals surface area contributed by atoms with Crippen LogP contribution in [0.2, 0.25) is 0 Å². The van der Waals surface area contributed by atoms with Gasteiger partial charge in [-0.25, -0.2) is 4.98 Å². The lowest BCUT2D eigenvalue weighted by Crippen LogP contribution is -1.90. The summed E-state index contributed by atoms with van der Waals surface area (Å²) in [5, 5.41) is 3.96. The molecule has 6 heteroatoms. The maximum Gasteiger partial charge on any atom is 0.270 e. The Hall–Kier alpha value is -2.21. The Morgan fingerprint density at radius 3 is 2.83 bits per heavy atom. The smallest absolute Gasteiger partial charge is 0.270 e. The molecule has 2 N–H and O–H groups in total. The monoisotopic (exact) mass is 258 g/mol.